The molecule has 0 aliphatic carbocycles. The molecular formula is C10H21NO2. The Balaban J connectivity index is 2.03. The van der Waals surface area contributed by atoms with Gasteiger partial charge in [-0.1, -0.05) is 6.42 Å². The summed E-state index contributed by atoms with van der Waals surface area (Å²) in [5.74, 6) is 0. The van der Waals surface area contributed by atoms with Crippen molar-refractivity contribution in [3.8, 4) is 0 Å². The Labute approximate surface area is 80.5 Å². The maximum absolute atomic E-state index is 9.33. The number of aliphatic hydroxyl groups excluding tert-OH is 1. The largest absolute Gasteiger partial charge is 0.368 e. The minimum absolute atomic E-state index is 0.561. The second kappa shape index (κ2) is 6.35. The molecule has 1 heterocycles. The molecule has 0 radical (unpaired) electrons. The first-order valence-corrected chi connectivity index (χ1v) is 5.36. The molecule has 1 fully saturated rings. The minimum Gasteiger partial charge on any atom is -0.368 e. The van der Waals surface area contributed by atoms with E-state index in [0.29, 0.717) is 12.6 Å². The van der Waals surface area contributed by atoms with Crippen molar-refractivity contribution in [1.82, 2.24) is 5.32 Å². The number of nitrogens with one attached hydrogen (secondary N) is 1. The Hall–Kier alpha value is -0.120. The summed E-state index contributed by atoms with van der Waals surface area (Å²) in [5, 5.41) is 12.8. The second-order valence-corrected chi connectivity index (χ2v) is 3.63. The van der Waals surface area contributed by atoms with Gasteiger partial charge in [0.15, 0.2) is 6.29 Å². The Morgan fingerprint density at radius 2 is 2.38 bits per heavy atom. The highest BCUT2D eigenvalue weighted by Crippen LogP contribution is 2.13. The van der Waals surface area contributed by atoms with E-state index in [9.17, 15) is 5.11 Å². The van der Waals surface area contributed by atoms with E-state index in [0.717, 1.165) is 19.4 Å². The summed E-state index contributed by atoms with van der Waals surface area (Å²) >= 11 is 0. The van der Waals surface area contributed by atoms with Gasteiger partial charge in [-0.15, -0.1) is 0 Å². The van der Waals surface area contributed by atoms with E-state index < -0.39 is 6.29 Å². The molecule has 3 heteroatoms. The van der Waals surface area contributed by atoms with E-state index in [-0.39, 0.29) is 0 Å². The predicted octanol–water partition coefficient (Wildman–Crippen LogP) is 1.26. The fraction of sp³-hybridized carbons (Fsp3) is 1.00. The number of hydrogen-bond acceptors (Lipinski definition) is 3. The van der Waals surface area contributed by atoms with Crippen LogP contribution in [0.4, 0.5) is 0 Å². The van der Waals surface area contributed by atoms with Gasteiger partial charge in [0.1, 0.15) is 0 Å². The highest BCUT2D eigenvalue weighted by Gasteiger charge is 2.13. The number of piperidine rings is 1. The summed E-state index contributed by atoms with van der Waals surface area (Å²) in [6, 6.07) is 0.601. The van der Waals surface area contributed by atoms with E-state index in [1.54, 1.807) is 0 Å². The molecule has 2 unspecified atom stereocenters. The van der Waals surface area contributed by atoms with Crippen molar-refractivity contribution in [1.29, 1.82) is 0 Å². The van der Waals surface area contributed by atoms with E-state index in [1.807, 2.05) is 6.92 Å². The van der Waals surface area contributed by atoms with E-state index in [4.69, 9.17) is 4.74 Å². The molecule has 1 aliphatic heterocycles. The van der Waals surface area contributed by atoms with Crippen molar-refractivity contribution < 1.29 is 9.84 Å². The van der Waals surface area contributed by atoms with Crippen LogP contribution in [0.1, 0.15) is 39.0 Å². The monoisotopic (exact) mass is 187 g/mol. The summed E-state index contributed by atoms with van der Waals surface area (Å²) in [5.41, 5.74) is 0. The predicted molar refractivity (Wildman–Crippen MR) is 52.5 cm³/mol. The average molecular weight is 187 g/mol. The first-order valence-electron chi connectivity index (χ1n) is 5.36. The summed E-state index contributed by atoms with van der Waals surface area (Å²) in [6.45, 7) is 3.64. The summed E-state index contributed by atoms with van der Waals surface area (Å²) in [6.07, 6.45) is 5.09. The fourth-order valence-corrected chi connectivity index (χ4v) is 1.79. The van der Waals surface area contributed by atoms with Gasteiger partial charge in [-0.2, -0.15) is 0 Å². The van der Waals surface area contributed by atoms with Crippen molar-refractivity contribution in [3.63, 3.8) is 0 Å². The van der Waals surface area contributed by atoms with Gasteiger partial charge >= 0.3 is 0 Å². The van der Waals surface area contributed by atoms with Crippen LogP contribution in [-0.2, 0) is 4.74 Å². The van der Waals surface area contributed by atoms with Crippen LogP contribution in [0.2, 0.25) is 0 Å². The SMILES string of the molecule is CCOC(O)CCC1CCCCN1. The number of ether oxygens (including phenoxy) is 1. The molecule has 2 atom stereocenters. The maximum atomic E-state index is 9.33. The molecule has 78 valence electrons. The standard InChI is InChI=1S/C10H21NO2/c1-2-13-10(12)7-6-9-5-3-4-8-11-9/h9-12H,2-8H2,1H3. The van der Waals surface area contributed by atoms with Crippen LogP contribution in [0, 0.1) is 0 Å². The van der Waals surface area contributed by atoms with Crippen molar-refractivity contribution in [2.45, 2.75) is 51.4 Å². The van der Waals surface area contributed by atoms with E-state index in [1.165, 1.54) is 19.3 Å². The lowest BCUT2D eigenvalue weighted by atomic mass is 10.0. The molecule has 0 bridgehead atoms. The van der Waals surface area contributed by atoms with E-state index in [2.05, 4.69) is 5.32 Å². The molecule has 3 nitrogen and oxygen atoms in total. The highest BCUT2D eigenvalue weighted by atomic mass is 16.6. The van der Waals surface area contributed by atoms with Gasteiger partial charge in [0.25, 0.3) is 0 Å². The Kier molecular flexibility index (Phi) is 5.35. The Morgan fingerprint density at radius 3 is 3.00 bits per heavy atom. The molecule has 1 saturated heterocycles. The molecule has 2 N–H and O–H groups in total. The van der Waals surface area contributed by atoms with Crippen LogP contribution < -0.4 is 5.32 Å². The molecule has 1 aliphatic rings. The zero-order valence-electron chi connectivity index (χ0n) is 8.46. The van der Waals surface area contributed by atoms with Crippen LogP contribution >= 0.6 is 0 Å². The van der Waals surface area contributed by atoms with Gasteiger partial charge in [-0.05, 0) is 39.2 Å². The third-order valence-electron chi connectivity index (χ3n) is 2.53. The average Bonchev–Trinajstić information content (AvgIpc) is 2.17. The first-order chi connectivity index (χ1) is 6.33. The van der Waals surface area contributed by atoms with E-state index >= 15 is 0 Å². The van der Waals surface area contributed by atoms with Crippen LogP contribution in [0.3, 0.4) is 0 Å². The van der Waals surface area contributed by atoms with Gasteiger partial charge < -0.3 is 15.2 Å². The number of aliphatic hydroxyl groups is 1. The molecule has 0 amide bonds. The Morgan fingerprint density at radius 1 is 1.54 bits per heavy atom. The molecule has 0 spiro atoms. The van der Waals surface area contributed by atoms with Crippen molar-refractivity contribution >= 4 is 0 Å². The normalized spacial score (nSPS) is 25.8. The second-order valence-electron chi connectivity index (χ2n) is 3.63. The minimum atomic E-state index is -0.561. The van der Waals surface area contributed by atoms with Crippen LogP contribution in [0.25, 0.3) is 0 Å². The van der Waals surface area contributed by atoms with Crippen molar-refractivity contribution in [3.05, 3.63) is 0 Å². The Bertz CT molecular complexity index is 124. The summed E-state index contributed by atoms with van der Waals surface area (Å²) in [4.78, 5) is 0. The first kappa shape index (κ1) is 11.0. The number of rotatable bonds is 5. The fourth-order valence-electron chi connectivity index (χ4n) is 1.79. The van der Waals surface area contributed by atoms with Crippen LogP contribution in [-0.4, -0.2) is 30.6 Å². The van der Waals surface area contributed by atoms with Gasteiger partial charge in [-0.25, -0.2) is 0 Å². The molecule has 0 aromatic carbocycles. The van der Waals surface area contributed by atoms with Gasteiger partial charge in [0.05, 0.1) is 0 Å². The van der Waals surface area contributed by atoms with Gasteiger partial charge in [0.2, 0.25) is 0 Å². The lowest BCUT2D eigenvalue weighted by Crippen LogP contribution is -2.34. The lowest BCUT2D eigenvalue weighted by molar-refractivity contribution is -0.100. The summed E-state index contributed by atoms with van der Waals surface area (Å²) < 4.78 is 5.06. The molecule has 0 aromatic heterocycles. The van der Waals surface area contributed by atoms with Crippen molar-refractivity contribution in [2.75, 3.05) is 13.2 Å². The quantitative estimate of drug-likeness (QED) is 0.637. The third-order valence-corrected chi connectivity index (χ3v) is 2.53. The topological polar surface area (TPSA) is 41.5 Å². The molecule has 1 rings (SSSR count). The molecule has 0 aromatic rings. The van der Waals surface area contributed by atoms with Crippen LogP contribution in [0.5, 0.6) is 0 Å². The summed E-state index contributed by atoms with van der Waals surface area (Å²) in [7, 11) is 0. The smallest absolute Gasteiger partial charge is 0.154 e. The van der Waals surface area contributed by atoms with Gasteiger partial charge in [0, 0.05) is 12.6 Å². The van der Waals surface area contributed by atoms with Crippen molar-refractivity contribution in [2.24, 2.45) is 0 Å². The molecular weight excluding hydrogens is 166 g/mol. The molecule has 13 heavy (non-hydrogen) atoms. The highest BCUT2D eigenvalue weighted by molar-refractivity contribution is 4.72. The third kappa shape index (κ3) is 4.60. The zero-order valence-corrected chi connectivity index (χ0v) is 8.46. The van der Waals surface area contributed by atoms with Crippen LogP contribution in [0.15, 0.2) is 0 Å². The number of hydrogen-bond donors (Lipinski definition) is 2. The zero-order chi connectivity index (χ0) is 9.52. The van der Waals surface area contributed by atoms with Gasteiger partial charge in [-0.3, -0.25) is 0 Å². The lowest BCUT2D eigenvalue weighted by Gasteiger charge is -2.24. The molecule has 0 saturated carbocycles. The maximum Gasteiger partial charge on any atom is 0.154 e.